The quantitative estimate of drug-likeness (QED) is 0.762. The molecule has 1 aliphatic rings. The summed E-state index contributed by atoms with van der Waals surface area (Å²) in [6.07, 6.45) is 0.265. The smallest absolute Gasteiger partial charge is 0.392 e. The molecule has 0 aliphatic carbocycles. The maximum Gasteiger partial charge on any atom is 0.392 e. The molecule has 104 valence electrons. The van der Waals surface area contributed by atoms with Crippen molar-refractivity contribution in [3.63, 3.8) is 0 Å². The van der Waals surface area contributed by atoms with Crippen LogP contribution in [0.2, 0.25) is 0 Å². The number of carboxylic acids is 1. The van der Waals surface area contributed by atoms with Gasteiger partial charge in [0.15, 0.2) is 0 Å². The third kappa shape index (κ3) is 3.11. The fraction of sp³-hybridized carbons (Fsp3) is 0.583. The Hall–Kier alpha value is -1.89. The Morgan fingerprint density at radius 2 is 2.16 bits per heavy atom. The SMILES string of the molecule is CC(C)(C)OC(=O)C1Cc2nc(C(=O)O)oc2CN1. The number of nitrogens with one attached hydrogen (secondary N) is 1. The molecule has 7 nitrogen and oxygen atoms in total. The molecule has 7 heteroatoms. The number of esters is 1. The van der Waals surface area contributed by atoms with Crippen LogP contribution in [0.15, 0.2) is 4.42 Å². The van der Waals surface area contributed by atoms with Crippen LogP contribution in [0.1, 0.15) is 42.9 Å². The van der Waals surface area contributed by atoms with Crippen LogP contribution in [0.4, 0.5) is 0 Å². The van der Waals surface area contributed by atoms with Crippen molar-refractivity contribution in [2.24, 2.45) is 0 Å². The number of oxazole rings is 1. The Morgan fingerprint density at radius 3 is 2.74 bits per heavy atom. The third-order valence-electron chi connectivity index (χ3n) is 2.56. The first-order chi connectivity index (χ1) is 8.76. The van der Waals surface area contributed by atoms with Gasteiger partial charge in [0.2, 0.25) is 0 Å². The minimum absolute atomic E-state index is 0.263. The lowest BCUT2D eigenvalue weighted by Gasteiger charge is -2.26. The number of carboxylic acid groups (broad SMARTS) is 1. The molecule has 0 amide bonds. The fourth-order valence-electron chi connectivity index (χ4n) is 1.79. The molecule has 0 aromatic carbocycles. The van der Waals surface area contributed by atoms with Crippen LogP contribution in [0.25, 0.3) is 0 Å². The van der Waals surface area contributed by atoms with E-state index in [2.05, 4.69) is 10.3 Å². The number of carbonyl (C=O) groups is 2. The van der Waals surface area contributed by atoms with Crippen LogP contribution in [0, 0.1) is 0 Å². The van der Waals surface area contributed by atoms with Gasteiger partial charge in [0.05, 0.1) is 12.2 Å². The predicted octanol–water partition coefficient (Wildman–Crippen LogP) is 0.729. The Kier molecular flexibility index (Phi) is 3.32. The van der Waals surface area contributed by atoms with Crippen molar-refractivity contribution in [3.8, 4) is 0 Å². The van der Waals surface area contributed by atoms with Gasteiger partial charge in [0, 0.05) is 6.42 Å². The maximum absolute atomic E-state index is 11.9. The van der Waals surface area contributed by atoms with Gasteiger partial charge >= 0.3 is 17.8 Å². The minimum atomic E-state index is -1.22. The predicted molar refractivity (Wildman–Crippen MR) is 63.6 cm³/mol. The first kappa shape index (κ1) is 13.5. The number of aromatic carboxylic acids is 1. The highest BCUT2D eigenvalue weighted by atomic mass is 16.6. The molecule has 1 aliphatic heterocycles. The first-order valence-electron chi connectivity index (χ1n) is 5.94. The summed E-state index contributed by atoms with van der Waals surface area (Å²) in [6.45, 7) is 5.63. The summed E-state index contributed by atoms with van der Waals surface area (Å²) in [4.78, 5) is 26.5. The van der Waals surface area contributed by atoms with E-state index < -0.39 is 17.6 Å². The topological polar surface area (TPSA) is 102 Å². The Balaban J connectivity index is 2.09. The van der Waals surface area contributed by atoms with Crippen molar-refractivity contribution in [2.75, 3.05) is 0 Å². The average molecular weight is 268 g/mol. The van der Waals surface area contributed by atoms with Crippen LogP contribution in [-0.4, -0.2) is 33.7 Å². The number of rotatable bonds is 2. The summed E-state index contributed by atoms with van der Waals surface area (Å²) in [5.41, 5.74) is -0.0678. The lowest BCUT2D eigenvalue weighted by Crippen LogP contribution is -2.44. The zero-order valence-electron chi connectivity index (χ0n) is 11.0. The van der Waals surface area contributed by atoms with Gasteiger partial charge in [0.1, 0.15) is 17.4 Å². The number of nitrogens with zero attached hydrogens (tertiary/aromatic N) is 1. The molecule has 0 fully saturated rings. The molecule has 2 rings (SSSR count). The number of carbonyl (C=O) groups excluding carboxylic acids is 1. The summed E-state index contributed by atoms with van der Waals surface area (Å²) in [7, 11) is 0. The van der Waals surface area contributed by atoms with E-state index in [-0.39, 0.29) is 24.8 Å². The molecular weight excluding hydrogens is 252 g/mol. The van der Waals surface area contributed by atoms with Crippen LogP contribution in [0.3, 0.4) is 0 Å². The molecule has 1 aromatic rings. The average Bonchev–Trinajstić information content (AvgIpc) is 2.69. The Labute approximate surface area is 110 Å². The van der Waals surface area contributed by atoms with Crippen molar-refractivity contribution in [1.29, 1.82) is 0 Å². The van der Waals surface area contributed by atoms with Crippen LogP contribution in [0.5, 0.6) is 0 Å². The second kappa shape index (κ2) is 4.65. The zero-order chi connectivity index (χ0) is 14.2. The van der Waals surface area contributed by atoms with Crippen LogP contribution >= 0.6 is 0 Å². The normalized spacial score (nSPS) is 18.8. The summed E-state index contributed by atoms with van der Waals surface area (Å²) in [5, 5.41) is 11.7. The number of hydrogen-bond acceptors (Lipinski definition) is 6. The van der Waals surface area contributed by atoms with Gasteiger partial charge in [-0.3, -0.25) is 10.1 Å². The highest BCUT2D eigenvalue weighted by Crippen LogP contribution is 2.19. The molecular formula is C12H16N2O5. The van der Waals surface area contributed by atoms with E-state index in [0.29, 0.717) is 11.5 Å². The van der Waals surface area contributed by atoms with E-state index in [1.54, 1.807) is 20.8 Å². The molecule has 1 unspecified atom stereocenters. The molecule has 0 saturated carbocycles. The molecule has 0 spiro atoms. The van der Waals surface area contributed by atoms with E-state index in [1.807, 2.05) is 0 Å². The minimum Gasteiger partial charge on any atom is -0.474 e. The number of fused-ring (bicyclic) bond motifs is 1. The summed E-state index contributed by atoms with van der Waals surface area (Å²) in [6, 6.07) is -0.529. The van der Waals surface area contributed by atoms with E-state index in [9.17, 15) is 9.59 Å². The van der Waals surface area contributed by atoms with Crippen molar-refractivity contribution in [1.82, 2.24) is 10.3 Å². The van der Waals surface area contributed by atoms with Crippen LogP contribution < -0.4 is 5.32 Å². The highest BCUT2D eigenvalue weighted by Gasteiger charge is 2.32. The number of aromatic nitrogens is 1. The van der Waals surface area contributed by atoms with Crippen molar-refractivity contribution < 1.29 is 23.8 Å². The van der Waals surface area contributed by atoms with E-state index >= 15 is 0 Å². The molecule has 2 heterocycles. The molecule has 0 radical (unpaired) electrons. The monoisotopic (exact) mass is 268 g/mol. The van der Waals surface area contributed by atoms with E-state index in [0.717, 1.165) is 0 Å². The van der Waals surface area contributed by atoms with Gasteiger partial charge in [-0.2, -0.15) is 0 Å². The van der Waals surface area contributed by atoms with Crippen LogP contribution in [-0.2, 0) is 22.5 Å². The van der Waals surface area contributed by atoms with Gasteiger partial charge in [0.25, 0.3) is 0 Å². The number of hydrogen-bond donors (Lipinski definition) is 2. The maximum atomic E-state index is 11.9. The summed E-state index contributed by atoms with van der Waals surface area (Å²) in [5.74, 6) is -1.49. The second-order valence-corrected chi connectivity index (χ2v) is 5.37. The molecule has 0 saturated heterocycles. The summed E-state index contributed by atoms with van der Waals surface area (Å²) < 4.78 is 10.3. The van der Waals surface area contributed by atoms with Crippen molar-refractivity contribution >= 4 is 11.9 Å². The van der Waals surface area contributed by atoms with E-state index in [1.165, 1.54) is 0 Å². The molecule has 19 heavy (non-hydrogen) atoms. The summed E-state index contributed by atoms with van der Waals surface area (Å²) >= 11 is 0. The Bertz CT molecular complexity index is 515. The van der Waals surface area contributed by atoms with Gasteiger partial charge < -0.3 is 14.3 Å². The molecule has 2 N–H and O–H groups in total. The third-order valence-corrected chi connectivity index (χ3v) is 2.56. The highest BCUT2D eigenvalue weighted by molar-refractivity contribution is 5.82. The fourth-order valence-corrected chi connectivity index (χ4v) is 1.79. The first-order valence-corrected chi connectivity index (χ1v) is 5.94. The lowest BCUT2D eigenvalue weighted by molar-refractivity contribution is -0.157. The largest absolute Gasteiger partial charge is 0.474 e. The molecule has 0 bridgehead atoms. The van der Waals surface area contributed by atoms with Gasteiger partial charge in [-0.25, -0.2) is 9.78 Å². The number of ether oxygens (including phenoxy) is 1. The lowest BCUT2D eigenvalue weighted by atomic mass is 10.1. The van der Waals surface area contributed by atoms with Crippen molar-refractivity contribution in [2.45, 2.75) is 45.4 Å². The van der Waals surface area contributed by atoms with Gasteiger partial charge in [-0.05, 0) is 20.8 Å². The zero-order valence-corrected chi connectivity index (χ0v) is 11.0. The second-order valence-electron chi connectivity index (χ2n) is 5.37. The van der Waals surface area contributed by atoms with E-state index in [4.69, 9.17) is 14.3 Å². The standard InChI is InChI=1S/C12H16N2O5/c1-12(2,3)19-11(17)7-4-6-8(5-13-7)18-9(14-6)10(15)16/h7,13H,4-5H2,1-3H3,(H,15,16). The van der Waals surface area contributed by atoms with Crippen molar-refractivity contribution in [3.05, 3.63) is 17.3 Å². The molecule has 1 atom stereocenters. The van der Waals surface area contributed by atoms with Gasteiger partial charge in [-0.15, -0.1) is 0 Å². The van der Waals surface area contributed by atoms with Gasteiger partial charge in [-0.1, -0.05) is 0 Å². The Morgan fingerprint density at radius 1 is 1.47 bits per heavy atom. The molecule has 1 aromatic heterocycles.